The smallest absolute Gasteiger partial charge is 0.261 e. The minimum absolute atomic E-state index is 0.0173. The Morgan fingerprint density at radius 2 is 1.86 bits per heavy atom. The Morgan fingerprint density at radius 3 is 2.66 bits per heavy atom. The number of fused-ring (bicyclic) bond motifs is 1. The zero-order valence-corrected chi connectivity index (χ0v) is 16.5. The SMILES string of the molecule is O=C(c1ccc(Cl)cc1)[C@H]1CCCN(C(=O)Cn2cnc3ccccc3c2=O)C1. The lowest BCUT2D eigenvalue weighted by molar-refractivity contribution is -0.133. The Labute approximate surface area is 172 Å². The number of nitrogens with zero attached hydrogens (tertiary/aromatic N) is 3. The van der Waals surface area contributed by atoms with E-state index in [-0.39, 0.29) is 29.7 Å². The number of likely N-dealkylation sites (tertiary alicyclic amines) is 1. The summed E-state index contributed by atoms with van der Waals surface area (Å²) in [5.74, 6) is -0.415. The van der Waals surface area contributed by atoms with Gasteiger partial charge in [-0.1, -0.05) is 23.7 Å². The number of piperidine rings is 1. The minimum Gasteiger partial charge on any atom is -0.340 e. The molecule has 4 rings (SSSR count). The number of aromatic nitrogens is 2. The molecule has 2 heterocycles. The maximum atomic E-state index is 12.8. The largest absolute Gasteiger partial charge is 0.340 e. The van der Waals surface area contributed by atoms with Gasteiger partial charge >= 0.3 is 0 Å². The molecule has 0 saturated carbocycles. The number of ketones is 1. The molecular formula is C22H20ClN3O3. The Hall–Kier alpha value is -2.99. The van der Waals surface area contributed by atoms with Crippen molar-refractivity contribution in [3.63, 3.8) is 0 Å². The fourth-order valence-electron chi connectivity index (χ4n) is 3.73. The first-order chi connectivity index (χ1) is 14.0. The van der Waals surface area contributed by atoms with Crippen molar-refractivity contribution < 1.29 is 9.59 Å². The zero-order valence-electron chi connectivity index (χ0n) is 15.8. The van der Waals surface area contributed by atoms with E-state index in [9.17, 15) is 14.4 Å². The maximum Gasteiger partial charge on any atom is 0.261 e. The molecule has 1 aromatic heterocycles. The number of para-hydroxylation sites is 1. The van der Waals surface area contributed by atoms with E-state index in [2.05, 4.69) is 4.98 Å². The van der Waals surface area contributed by atoms with E-state index in [1.54, 1.807) is 47.4 Å². The molecule has 2 aromatic carbocycles. The molecule has 0 N–H and O–H groups in total. The molecule has 1 aliphatic rings. The Morgan fingerprint density at radius 1 is 1.10 bits per heavy atom. The van der Waals surface area contributed by atoms with Crippen LogP contribution in [0.2, 0.25) is 5.02 Å². The first kappa shape index (κ1) is 19.3. The molecule has 0 aliphatic carbocycles. The molecule has 29 heavy (non-hydrogen) atoms. The molecular weight excluding hydrogens is 390 g/mol. The van der Waals surface area contributed by atoms with Gasteiger partial charge in [0.25, 0.3) is 5.56 Å². The van der Waals surface area contributed by atoms with Crippen molar-refractivity contribution in [2.45, 2.75) is 19.4 Å². The van der Waals surface area contributed by atoms with Crippen molar-refractivity contribution in [2.24, 2.45) is 5.92 Å². The number of amides is 1. The number of hydrogen-bond acceptors (Lipinski definition) is 4. The quantitative estimate of drug-likeness (QED) is 0.620. The normalized spacial score (nSPS) is 16.7. The van der Waals surface area contributed by atoms with Crippen LogP contribution in [0.4, 0.5) is 0 Å². The number of carbonyl (C=O) groups excluding carboxylic acids is 2. The monoisotopic (exact) mass is 409 g/mol. The van der Waals surface area contributed by atoms with Crippen molar-refractivity contribution in [2.75, 3.05) is 13.1 Å². The van der Waals surface area contributed by atoms with Gasteiger partial charge in [-0.2, -0.15) is 0 Å². The molecule has 1 amide bonds. The number of Topliss-reactive ketones (excluding diaryl/α,β-unsaturated/α-hetero) is 1. The molecule has 1 aliphatic heterocycles. The van der Waals surface area contributed by atoms with Crippen molar-refractivity contribution in [1.29, 1.82) is 0 Å². The average Bonchev–Trinajstić information content (AvgIpc) is 2.76. The topological polar surface area (TPSA) is 72.3 Å². The summed E-state index contributed by atoms with van der Waals surface area (Å²) in [6.07, 6.45) is 2.90. The molecule has 148 valence electrons. The molecule has 0 bridgehead atoms. The van der Waals surface area contributed by atoms with Crippen molar-refractivity contribution in [3.05, 3.63) is 75.8 Å². The molecule has 0 unspecified atom stereocenters. The van der Waals surface area contributed by atoms with E-state index in [4.69, 9.17) is 11.6 Å². The highest BCUT2D eigenvalue weighted by molar-refractivity contribution is 6.30. The summed E-state index contributed by atoms with van der Waals surface area (Å²) in [4.78, 5) is 44.2. The number of hydrogen-bond donors (Lipinski definition) is 0. The van der Waals surface area contributed by atoms with Gasteiger partial charge in [0.05, 0.1) is 17.2 Å². The lowest BCUT2D eigenvalue weighted by atomic mass is 9.90. The van der Waals surface area contributed by atoms with Crippen LogP contribution in [-0.2, 0) is 11.3 Å². The second kappa shape index (κ2) is 8.17. The predicted molar refractivity (Wildman–Crippen MR) is 111 cm³/mol. The second-order valence-electron chi connectivity index (χ2n) is 7.24. The Kier molecular flexibility index (Phi) is 5.45. The number of carbonyl (C=O) groups is 2. The molecule has 6 nitrogen and oxygen atoms in total. The van der Waals surface area contributed by atoms with E-state index in [0.717, 1.165) is 12.8 Å². The van der Waals surface area contributed by atoms with Crippen LogP contribution in [0.5, 0.6) is 0 Å². The Bertz CT molecular complexity index is 1120. The van der Waals surface area contributed by atoms with E-state index in [1.165, 1.54) is 10.9 Å². The van der Waals surface area contributed by atoms with Crippen LogP contribution in [0.3, 0.4) is 0 Å². The number of benzene rings is 2. The zero-order chi connectivity index (χ0) is 20.4. The van der Waals surface area contributed by atoms with E-state index < -0.39 is 0 Å². The lowest BCUT2D eigenvalue weighted by Crippen LogP contribution is -2.44. The third-order valence-corrected chi connectivity index (χ3v) is 5.56. The molecule has 3 aromatic rings. The van der Waals surface area contributed by atoms with Crippen LogP contribution in [0.15, 0.2) is 59.7 Å². The summed E-state index contributed by atoms with van der Waals surface area (Å²) in [5, 5.41) is 1.06. The molecule has 1 atom stereocenters. The van der Waals surface area contributed by atoms with Crippen LogP contribution in [0.1, 0.15) is 23.2 Å². The molecule has 1 saturated heterocycles. The minimum atomic E-state index is -0.250. The van der Waals surface area contributed by atoms with Crippen LogP contribution in [0, 0.1) is 5.92 Å². The van der Waals surface area contributed by atoms with E-state index in [0.29, 0.717) is 34.6 Å². The second-order valence-corrected chi connectivity index (χ2v) is 7.68. The first-order valence-corrected chi connectivity index (χ1v) is 9.92. The van der Waals surface area contributed by atoms with Gasteiger partial charge in [0.2, 0.25) is 5.91 Å². The van der Waals surface area contributed by atoms with Gasteiger partial charge in [-0.05, 0) is 49.2 Å². The van der Waals surface area contributed by atoms with Gasteiger partial charge in [0.1, 0.15) is 6.54 Å². The summed E-state index contributed by atoms with van der Waals surface area (Å²) in [5.41, 5.74) is 0.964. The van der Waals surface area contributed by atoms with Crippen molar-refractivity contribution in [3.8, 4) is 0 Å². The van der Waals surface area contributed by atoms with Gasteiger partial charge in [0, 0.05) is 29.6 Å². The number of halogens is 1. The summed E-state index contributed by atoms with van der Waals surface area (Å²) < 4.78 is 1.33. The fraction of sp³-hybridized carbons (Fsp3) is 0.273. The van der Waals surface area contributed by atoms with Crippen LogP contribution in [-0.4, -0.2) is 39.2 Å². The van der Waals surface area contributed by atoms with Crippen LogP contribution in [0.25, 0.3) is 10.9 Å². The summed E-state index contributed by atoms with van der Waals surface area (Å²) >= 11 is 5.90. The molecule has 7 heteroatoms. The molecule has 0 radical (unpaired) electrons. The maximum absolute atomic E-state index is 12.8. The summed E-state index contributed by atoms with van der Waals surface area (Å²) in [7, 11) is 0. The first-order valence-electron chi connectivity index (χ1n) is 9.54. The van der Waals surface area contributed by atoms with Gasteiger partial charge in [-0.15, -0.1) is 0 Å². The van der Waals surface area contributed by atoms with Gasteiger partial charge < -0.3 is 4.90 Å². The molecule has 1 fully saturated rings. The van der Waals surface area contributed by atoms with Crippen molar-refractivity contribution >= 4 is 34.2 Å². The Balaban J connectivity index is 1.48. The van der Waals surface area contributed by atoms with E-state index >= 15 is 0 Å². The van der Waals surface area contributed by atoms with Gasteiger partial charge in [-0.25, -0.2) is 4.98 Å². The highest BCUT2D eigenvalue weighted by atomic mass is 35.5. The highest BCUT2D eigenvalue weighted by Gasteiger charge is 2.29. The predicted octanol–water partition coefficient (Wildman–Crippen LogP) is 3.17. The summed E-state index contributed by atoms with van der Waals surface area (Å²) in [6.45, 7) is 0.855. The third-order valence-electron chi connectivity index (χ3n) is 5.31. The molecule has 0 spiro atoms. The van der Waals surface area contributed by atoms with Crippen LogP contribution >= 0.6 is 11.6 Å². The van der Waals surface area contributed by atoms with Crippen LogP contribution < -0.4 is 5.56 Å². The lowest BCUT2D eigenvalue weighted by Gasteiger charge is -2.32. The summed E-state index contributed by atoms with van der Waals surface area (Å²) in [6, 6.07) is 13.9. The van der Waals surface area contributed by atoms with Gasteiger partial charge in [-0.3, -0.25) is 19.0 Å². The van der Waals surface area contributed by atoms with Gasteiger partial charge in [0.15, 0.2) is 5.78 Å². The fourth-order valence-corrected chi connectivity index (χ4v) is 3.86. The average molecular weight is 410 g/mol. The van der Waals surface area contributed by atoms with E-state index in [1.807, 2.05) is 6.07 Å². The highest BCUT2D eigenvalue weighted by Crippen LogP contribution is 2.22. The van der Waals surface area contributed by atoms with Crippen molar-refractivity contribution in [1.82, 2.24) is 14.5 Å². The standard InChI is InChI=1S/C22H20ClN3O3/c23-17-9-7-15(8-10-17)21(28)16-4-3-11-25(12-16)20(27)13-26-14-24-19-6-2-1-5-18(19)22(26)29/h1-2,5-10,14,16H,3-4,11-13H2/t16-/m0/s1. The third kappa shape index (κ3) is 4.07. The number of rotatable bonds is 4.